The number of esters is 1. The molecule has 0 fully saturated rings. The number of hydrogen-bond acceptors (Lipinski definition) is 4. The minimum atomic E-state index is -0.452. The second kappa shape index (κ2) is 6.17. The van der Waals surface area contributed by atoms with Gasteiger partial charge in [-0.15, -0.1) is 5.10 Å². The number of ether oxygens (including phenoxy) is 1. The molecule has 5 nitrogen and oxygen atoms in total. The van der Waals surface area contributed by atoms with Gasteiger partial charge in [-0.2, -0.15) is 0 Å². The van der Waals surface area contributed by atoms with Crippen LogP contribution in [0.4, 0.5) is 0 Å². The Morgan fingerprint density at radius 2 is 2.10 bits per heavy atom. The number of benzene rings is 1. The van der Waals surface area contributed by atoms with Gasteiger partial charge in [-0.1, -0.05) is 53.2 Å². The Kier molecular flexibility index (Phi) is 4.54. The van der Waals surface area contributed by atoms with Gasteiger partial charge in [-0.05, 0) is 17.5 Å². The first kappa shape index (κ1) is 14.7. The first-order chi connectivity index (χ1) is 9.54. The summed E-state index contributed by atoms with van der Waals surface area (Å²) < 4.78 is 7.50. The maximum Gasteiger partial charge on any atom is 0.360 e. The molecule has 0 aliphatic heterocycles. The third-order valence-corrected chi connectivity index (χ3v) is 3.75. The van der Waals surface area contributed by atoms with Gasteiger partial charge in [-0.3, -0.25) is 0 Å². The SMILES string of the molecule is COC(=O)c1nnn(Cc2ccccc2Br)c1C(C)C. The normalized spacial score (nSPS) is 10.8. The summed E-state index contributed by atoms with van der Waals surface area (Å²) in [5.41, 5.74) is 2.15. The van der Waals surface area contributed by atoms with E-state index in [0.29, 0.717) is 6.54 Å². The van der Waals surface area contributed by atoms with E-state index >= 15 is 0 Å². The number of carbonyl (C=O) groups excluding carboxylic acids is 1. The minimum Gasteiger partial charge on any atom is -0.464 e. The number of rotatable bonds is 4. The fourth-order valence-electron chi connectivity index (χ4n) is 2.04. The van der Waals surface area contributed by atoms with Crippen molar-refractivity contribution in [3.8, 4) is 0 Å². The van der Waals surface area contributed by atoms with E-state index in [1.54, 1.807) is 4.68 Å². The molecular weight excluding hydrogens is 322 g/mol. The quantitative estimate of drug-likeness (QED) is 0.804. The summed E-state index contributed by atoms with van der Waals surface area (Å²) in [5.74, 6) is -0.325. The van der Waals surface area contributed by atoms with Crippen molar-refractivity contribution < 1.29 is 9.53 Å². The Hall–Kier alpha value is -1.69. The molecular formula is C14H16BrN3O2. The highest BCUT2D eigenvalue weighted by atomic mass is 79.9. The molecule has 0 amide bonds. The number of halogens is 1. The number of carbonyl (C=O) groups is 1. The van der Waals surface area contributed by atoms with Crippen molar-refractivity contribution >= 4 is 21.9 Å². The predicted octanol–water partition coefficient (Wildman–Crippen LogP) is 3.00. The summed E-state index contributed by atoms with van der Waals surface area (Å²) in [7, 11) is 1.35. The van der Waals surface area contributed by atoms with Crippen molar-refractivity contribution in [2.75, 3.05) is 7.11 Å². The molecule has 0 unspecified atom stereocenters. The molecule has 2 rings (SSSR count). The number of hydrogen-bond donors (Lipinski definition) is 0. The van der Waals surface area contributed by atoms with Gasteiger partial charge in [-0.25, -0.2) is 9.48 Å². The average Bonchev–Trinajstić information content (AvgIpc) is 2.84. The van der Waals surface area contributed by atoms with Crippen molar-refractivity contribution in [1.82, 2.24) is 15.0 Å². The zero-order chi connectivity index (χ0) is 14.7. The van der Waals surface area contributed by atoms with Crippen LogP contribution >= 0.6 is 15.9 Å². The molecule has 0 atom stereocenters. The van der Waals surface area contributed by atoms with E-state index in [1.165, 1.54) is 7.11 Å². The Morgan fingerprint density at radius 1 is 1.40 bits per heavy atom. The molecule has 1 aromatic heterocycles. The molecule has 106 valence electrons. The molecule has 6 heteroatoms. The Morgan fingerprint density at radius 3 is 2.70 bits per heavy atom. The summed E-state index contributed by atoms with van der Waals surface area (Å²) in [4.78, 5) is 11.7. The summed E-state index contributed by atoms with van der Waals surface area (Å²) in [6.45, 7) is 4.56. The van der Waals surface area contributed by atoms with Crippen molar-refractivity contribution in [1.29, 1.82) is 0 Å². The van der Waals surface area contributed by atoms with Crippen LogP contribution in [0.2, 0.25) is 0 Å². The van der Waals surface area contributed by atoms with Gasteiger partial charge in [0.1, 0.15) is 0 Å². The van der Waals surface area contributed by atoms with Crippen LogP contribution in [0.15, 0.2) is 28.7 Å². The van der Waals surface area contributed by atoms with Crippen LogP contribution in [0, 0.1) is 0 Å². The lowest BCUT2D eigenvalue weighted by Gasteiger charge is -2.11. The van der Waals surface area contributed by atoms with Crippen molar-refractivity contribution in [2.45, 2.75) is 26.3 Å². The Bertz CT molecular complexity index is 623. The van der Waals surface area contributed by atoms with Gasteiger partial charge in [0.05, 0.1) is 19.3 Å². The van der Waals surface area contributed by atoms with Gasteiger partial charge in [0, 0.05) is 4.47 Å². The van der Waals surface area contributed by atoms with Gasteiger partial charge >= 0.3 is 5.97 Å². The summed E-state index contributed by atoms with van der Waals surface area (Å²) in [5, 5.41) is 8.04. The fourth-order valence-corrected chi connectivity index (χ4v) is 2.45. The van der Waals surface area contributed by atoms with E-state index in [4.69, 9.17) is 4.74 Å². The lowest BCUT2D eigenvalue weighted by molar-refractivity contribution is 0.0592. The van der Waals surface area contributed by atoms with Crippen LogP contribution in [-0.2, 0) is 11.3 Å². The van der Waals surface area contributed by atoms with E-state index in [1.807, 2.05) is 38.1 Å². The monoisotopic (exact) mass is 337 g/mol. The molecule has 1 aromatic carbocycles. The third kappa shape index (κ3) is 2.90. The standard InChI is InChI=1S/C14H16BrN3O2/c1-9(2)13-12(14(19)20-3)16-17-18(13)8-10-6-4-5-7-11(10)15/h4-7,9H,8H2,1-3H3. The molecule has 0 aliphatic rings. The number of methoxy groups -OCH3 is 1. The van der Waals surface area contributed by atoms with E-state index in [-0.39, 0.29) is 11.6 Å². The molecule has 0 bridgehead atoms. The molecule has 0 radical (unpaired) electrons. The highest BCUT2D eigenvalue weighted by Gasteiger charge is 2.22. The molecule has 1 heterocycles. The summed E-state index contributed by atoms with van der Waals surface area (Å²) >= 11 is 3.51. The van der Waals surface area contributed by atoms with Crippen molar-refractivity contribution in [3.63, 3.8) is 0 Å². The maximum absolute atomic E-state index is 11.7. The van der Waals surface area contributed by atoms with Gasteiger partial charge in [0.25, 0.3) is 0 Å². The van der Waals surface area contributed by atoms with Crippen molar-refractivity contribution in [3.05, 3.63) is 45.7 Å². The van der Waals surface area contributed by atoms with Crippen LogP contribution in [0.3, 0.4) is 0 Å². The van der Waals surface area contributed by atoms with Crippen molar-refractivity contribution in [2.24, 2.45) is 0 Å². The first-order valence-electron chi connectivity index (χ1n) is 6.29. The van der Waals surface area contributed by atoms with E-state index in [9.17, 15) is 4.79 Å². The van der Waals surface area contributed by atoms with Crippen LogP contribution in [-0.4, -0.2) is 28.1 Å². The molecule has 2 aromatic rings. The summed E-state index contributed by atoms with van der Waals surface area (Å²) in [6.07, 6.45) is 0. The second-order valence-electron chi connectivity index (χ2n) is 4.72. The zero-order valence-electron chi connectivity index (χ0n) is 11.6. The largest absolute Gasteiger partial charge is 0.464 e. The first-order valence-corrected chi connectivity index (χ1v) is 7.09. The van der Waals surface area contributed by atoms with E-state index in [0.717, 1.165) is 15.7 Å². The topological polar surface area (TPSA) is 57.0 Å². The molecule has 0 saturated carbocycles. The lowest BCUT2D eigenvalue weighted by Crippen LogP contribution is -2.12. The van der Waals surface area contributed by atoms with E-state index < -0.39 is 5.97 Å². The minimum absolute atomic E-state index is 0.126. The zero-order valence-corrected chi connectivity index (χ0v) is 13.2. The Labute approximate surface area is 126 Å². The highest BCUT2D eigenvalue weighted by Crippen LogP contribution is 2.22. The van der Waals surface area contributed by atoms with Crippen LogP contribution < -0.4 is 0 Å². The maximum atomic E-state index is 11.7. The second-order valence-corrected chi connectivity index (χ2v) is 5.57. The molecule has 20 heavy (non-hydrogen) atoms. The molecule has 0 N–H and O–H groups in total. The summed E-state index contributed by atoms with van der Waals surface area (Å²) in [6, 6.07) is 7.90. The smallest absolute Gasteiger partial charge is 0.360 e. The number of nitrogens with zero attached hydrogens (tertiary/aromatic N) is 3. The highest BCUT2D eigenvalue weighted by molar-refractivity contribution is 9.10. The van der Waals surface area contributed by atoms with Gasteiger partial charge < -0.3 is 4.74 Å². The Balaban J connectivity index is 2.40. The lowest BCUT2D eigenvalue weighted by atomic mass is 10.1. The average molecular weight is 338 g/mol. The van der Waals surface area contributed by atoms with Crippen LogP contribution in [0.25, 0.3) is 0 Å². The van der Waals surface area contributed by atoms with E-state index in [2.05, 4.69) is 26.2 Å². The van der Waals surface area contributed by atoms with Gasteiger partial charge in [0.2, 0.25) is 0 Å². The van der Waals surface area contributed by atoms with Crippen LogP contribution in [0.5, 0.6) is 0 Å². The number of aromatic nitrogens is 3. The van der Waals surface area contributed by atoms with Gasteiger partial charge in [0.15, 0.2) is 5.69 Å². The molecule has 0 spiro atoms. The molecule has 0 aliphatic carbocycles. The fraction of sp³-hybridized carbons (Fsp3) is 0.357. The predicted molar refractivity (Wildman–Crippen MR) is 78.7 cm³/mol. The van der Waals surface area contributed by atoms with Crippen LogP contribution in [0.1, 0.15) is 41.5 Å². The third-order valence-electron chi connectivity index (χ3n) is 2.98. The molecule has 0 saturated heterocycles.